The molecular formula is C12H18N4. The number of piperidine rings is 1. The van der Waals surface area contributed by atoms with Crippen molar-refractivity contribution in [3.8, 4) is 0 Å². The van der Waals surface area contributed by atoms with Crippen molar-refractivity contribution in [2.24, 2.45) is 5.41 Å². The predicted octanol–water partition coefficient (Wildman–Crippen LogP) is 0.975. The number of nitrogens with one attached hydrogen (secondary N) is 1. The van der Waals surface area contributed by atoms with Crippen molar-refractivity contribution >= 4 is 5.95 Å². The highest BCUT2D eigenvalue weighted by atomic mass is 15.3. The van der Waals surface area contributed by atoms with E-state index in [9.17, 15) is 0 Å². The second kappa shape index (κ2) is 3.70. The molecule has 16 heavy (non-hydrogen) atoms. The third kappa shape index (κ3) is 1.67. The van der Waals surface area contributed by atoms with Gasteiger partial charge in [0.1, 0.15) is 0 Å². The Balaban J connectivity index is 1.67. The Labute approximate surface area is 96.1 Å². The third-order valence-corrected chi connectivity index (χ3v) is 3.87. The Kier molecular flexibility index (Phi) is 2.32. The van der Waals surface area contributed by atoms with Gasteiger partial charge in [-0.1, -0.05) is 0 Å². The van der Waals surface area contributed by atoms with E-state index in [4.69, 9.17) is 0 Å². The van der Waals surface area contributed by atoms with Crippen molar-refractivity contribution in [2.45, 2.75) is 19.8 Å². The molecule has 0 radical (unpaired) electrons. The van der Waals surface area contributed by atoms with Crippen LogP contribution in [0.1, 0.15) is 18.4 Å². The lowest BCUT2D eigenvalue weighted by Crippen LogP contribution is -2.58. The lowest BCUT2D eigenvalue weighted by molar-refractivity contribution is 0.126. The molecule has 1 N–H and O–H groups in total. The van der Waals surface area contributed by atoms with E-state index in [2.05, 4.69) is 20.2 Å². The fourth-order valence-electron chi connectivity index (χ4n) is 2.56. The summed E-state index contributed by atoms with van der Waals surface area (Å²) >= 11 is 0. The Morgan fingerprint density at radius 1 is 1.19 bits per heavy atom. The van der Waals surface area contributed by atoms with Crippen LogP contribution in [0.2, 0.25) is 0 Å². The van der Waals surface area contributed by atoms with Gasteiger partial charge in [-0.3, -0.25) is 0 Å². The Morgan fingerprint density at radius 2 is 1.81 bits per heavy atom. The summed E-state index contributed by atoms with van der Waals surface area (Å²) in [6.45, 7) is 6.63. The molecule has 1 spiro atoms. The Morgan fingerprint density at radius 3 is 2.31 bits per heavy atom. The van der Waals surface area contributed by atoms with Crippen LogP contribution in [0.3, 0.4) is 0 Å². The van der Waals surface area contributed by atoms with Gasteiger partial charge in [0, 0.05) is 38.6 Å². The lowest BCUT2D eigenvalue weighted by atomic mass is 9.73. The average Bonchev–Trinajstić information content (AvgIpc) is 2.28. The zero-order chi connectivity index (χ0) is 11.0. The van der Waals surface area contributed by atoms with Crippen LogP contribution in [0, 0.1) is 12.3 Å². The highest BCUT2D eigenvalue weighted by Gasteiger charge is 2.39. The van der Waals surface area contributed by atoms with Crippen molar-refractivity contribution in [2.75, 3.05) is 31.1 Å². The first kappa shape index (κ1) is 10.0. The van der Waals surface area contributed by atoms with Crippen molar-refractivity contribution in [1.29, 1.82) is 0 Å². The van der Waals surface area contributed by atoms with E-state index >= 15 is 0 Å². The SMILES string of the molecule is Cc1cnc(N2CCC3(CC2)CNC3)nc1. The van der Waals surface area contributed by atoms with Crippen molar-refractivity contribution in [3.63, 3.8) is 0 Å². The molecule has 1 aromatic heterocycles. The molecule has 0 amide bonds. The van der Waals surface area contributed by atoms with Gasteiger partial charge in [-0.05, 0) is 30.7 Å². The molecule has 4 nitrogen and oxygen atoms in total. The summed E-state index contributed by atoms with van der Waals surface area (Å²) < 4.78 is 0. The molecule has 2 aliphatic heterocycles. The minimum atomic E-state index is 0.598. The summed E-state index contributed by atoms with van der Waals surface area (Å²) in [6, 6.07) is 0. The van der Waals surface area contributed by atoms with E-state index in [0.29, 0.717) is 5.41 Å². The zero-order valence-electron chi connectivity index (χ0n) is 9.74. The van der Waals surface area contributed by atoms with E-state index in [1.165, 1.54) is 25.9 Å². The highest BCUT2D eigenvalue weighted by molar-refractivity contribution is 5.31. The first-order valence-corrected chi connectivity index (χ1v) is 6.02. The van der Waals surface area contributed by atoms with Crippen LogP contribution in [0.5, 0.6) is 0 Å². The van der Waals surface area contributed by atoms with E-state index in [-0.39, 0.29) is 0 Å². The number of hydrogen-bond donors (Lipinski definition) is 1. The molecule has 2 saturated heterocycles. The van der Waals surface area contributed by atoms with Crippen LogP contribution >= 0.6 is 0 Å². The van der Waals surface area contributed by atoms with Gasteiger partial charge in [0.25, 0.3) is 0 Å². The van der Waals surface area contributed by atoms with Gasteiger partial charge in [-0.15, -0.1) is 0 Å². The molecule has 4 heteroatoms. The van der Waals surface area contributed by atoms with Gasteiger partial charge >= 0.3 is 0 Å². The predicted molar refractivity (Wildman–Crippen MR) is 63.5 cm³/mol. The molecule has 1 aromatic rings. The Bertz CT molecular complexity index is 359. The molecule has 86 valence electrons. The molecule has 2 aliphatic rings. The highest BCUT2D eigenvalue weighted by Crippen LogP contribution is 2.35. The second-order valence-corrected chi connectivity index (χ2v) is 5.15. The fraction of sp³-hybridized carbons (Fsp3) is 0.667. The number of rotatable bonds is 1. The van der Waals surface area contributed by atoms with Crippen LogP contribution in [-0.2, 0) is 0 Å². The lowest BCUT2D eigenvalue weighted by Gasteiger charge is -2.48. The van der Waals surface area contributed by atoms with E-state index < -0.39 is 0 Å². The number of nitrogens with zero attached hydrogens (tertiary/aromatic N) is 3. The molecule has 3 rings (SSSR count). The monoisotopic (exact) mass is 218 g/mol. The maximum atomic E-state index is 4.39. The molecule has 0 aliphatic carbocycles. The number of anilines is 1. The summed E-state index contributed by atoms with van der Waals surface area (Å²) in [5.74, 6) is 0.896. The largest absolute Gasteiger partial charge is 0.341 e. The maximum absolute atomic E-state index is 4.39. The van der Waals surface area contributed by atoms with Crippen LogP contribution < -0.4 is 10.2 Å². The average molecular weight is 218 g/mol. The molecule has 0 unspecified atom stereocenters. The van der Waals surface area contributed by atoms with E-state index in [1.807, 2.05) is 19.3 Å². The molecule has 2 fully saturated rings. The first-order valence-electron chi connectivity index (χ1n) is 6.02. The van der Waals surface area contributed by atoms with Crippen LogP contribution in [-0.4, -0.2) is 36.1 Å². The number of aromatic nitrogens is 2. The van der Waals surface area contributed by atoms with Gasteiger partial charge in [0.15, 0.2) is 0 Å². The third-order valence-electron chi connectivity index (χ3n) is 3.87. The van der Waals surface area contributed by atoms with Crippen molar-refractivity contribution < 1.29 is 0 Å². The minimum absolute atomic E-state index is 0.598. The van der Waals surface area contributed by atoms with Crippen molar-refractivity contribution in [1.82, 2.24) is 15.3 Å². The summed E-state index contributed by atoms with van der Waals surface area (Å²) in [5.41, 5.74) is 1.72. The normalized spacial score (nSPS) is 23.2. The van der Waals surface area contributed by atoms with Gasteiger partial charge in [-0.25, -0.2) is 9.97 Å². The molecular weight excluding hydrogens is 200 g/mol. The molecule has 0 bridgehead atoms. The van der Waals surface area contributed by atoms with E-state index in [0.717, 1.165) is 24.6 Å². The molecule has 0 atom stereocenters. The topological polar surface area (TPSA) is 41.1 Å². The Hall–Kier alpha value is -1.16. The van der Waals surface area contributed by atoms with Crippen LogP contribution in [0.15, 0.2) is 12.4 Å². The molecule has 0 aromatic carbocycles. The van der Waals surface area contributed by atoms with Gasteiger partial charge < -0.3 is 10.2 Å². The minimum Gasteiger partial charge on any atom is -0.341 e. The van der Waals surface area contributed by atoms with Gasteiger partial charge in [0.2, 0.25) is 5.95 Å². The summed E-state index contributed by atoms with van der Waals surface area (Å²) in [5, 5.41) is 3.38. The van der Waals surface area contributed by atoms with Gasteiger partial charge in [0.05, 0.1) is 0 Å². The van der Waals surface area contributed by atoms with E-state index in [1.54, 1.807) is 0 Å². The fourth-order valence-corrected chi connectivity index (χ4v) is 2.56. The van der Waals surface area contributed by atoms with Gasteiger partial charge in [-0.2, -0.15) is 0 Å². The quantitative estimate of drug-likeness (QED) is 0.762. The zero-order valence-corrected chi connectivity index (χ0v) is 9.74. The van der Waals surface area contributed by atoms with Crippen LogP contribution in [0.4, 0.5) is 5.95 Å². The first-order chi connectivity index (χ1) is 7.77. The number of aryl methyl sites for hydroxylation is 1. The summed E-state index contributed by atoms with van der Waals surface area (Å²) in [4.78, 5) is 11.1. The summed E-state index contributed by atoms with van der Waals surface area (Å²) in [6.07, 6.45) is 6.35. The number of hydrogen-bond acceptors (Lipinski definition) is 4. The van der Waals surface area contributed by atoms with Crippen molar-refractivity contribution in [3.05, 3.63) is 18.0 Å². The molecule has 3 heterocycles. The summed E-state index contributed by atoms with van der Waals surface area (Å²) in [7, 11) is 0. The molecule has 0 saturated carbocycles. The smallest absolute Gasteiger partial charge is 0.225 e. The maximum Gasteiger partial charge on any atom is 0.225 e. The van der Waals surface area contributed by atoms with Crippen LogP contribution in [0.25, 0.3) is 0 Å². The second-order valence-electron chi connectivity index (χ2n) is 5.15. The standard InChI is InChI=1S/C12H18N4/c1-10-6-14-11(15-7-10)16-4-2-12(3-5-16)8-13-9-12/h6-7,13H,2-5,8-9H2,1H3.